The smallest absolute Gasteiger partial charge is 0.490 e. The number of fused-ring (bicyclic) bond motifs is 1. The molecule has 4 aromatic carbocycles. The van der Waals surface area contributed by atoms with Crippen molar-refractivity contribution in [2.45, 2.75) is 74.9 Å². The van der Waals surface area contributed by atoms with E-state index in [0.29, 0.717) is 23.4 Å². The van der Waals surface area contributed by atoms with Crippen LogP contribution in [0.25, 0.3) is 21.9 Å². The van der Waals surface area contributed by atoms with Crippen LogP contribution in [0.1, 0.15) is 55.8 Å². The molecule has 2 fully saturated rings. The van der Waals surface area contributed by atoms with Crippen LogP contribution in [-0.4, -0.2) is 70.4 Å². The number of nitrogens with two attached hydrogens (primary N) is 1. The molecule has 0 bridgehead atoms. The largest absolute Gasteiger partial charge is 0.490 e. The van der Waals surface area contributed by atoms with Gasteiger partial charge in [0, 0.05) is 29.7 Å². The molecule has 6 rings (SSSR count). The summed E-state index contributed by atoms with van der Waals surface area (Å²) in [6.07, 6.45) is -1.38. The number of aliphatic carboxylic acids is 1. The zero-order valence-electron chi connectivity index (χ0n) is 28.9. The van der Waals surface area contributed by atoms with Crippen molar-refractivity contribution < 1.29 is 51.3 Å². The third-order valence-corrected chi connectivity index (χ3v) is 9.69. The third kappa shape index (κ3) is 10.0. The number of carbonyl (C=O) groups is 3. The topological polar surface area (TPSA) is 142 Å². The van der Waals surface area contributed by atoms with E-state index in [9.17, 15) is 27.9 Å². The van der Waals surface area contributed by atoms with Gasteiger partial charge in [0.25, 0.3) is 11.8 Å². The predicted molar refractivity (Wildman–Crippen MR) is 192 cm³/mol. The van der Waals surface area contributed by atoms with Gasteiger partial charge in [-0.05, 0) is 96.3 Å². The van der Waals surface area contributed by atoms with Crippen molar-refractivity contribution in [1.29, 1.82) is 0 Å². The van der Waals surface area contributed by atoms with Crippen LogP contribution in [0.15, 0.2) is 84.9 Å². The van der Waals surface area contributed by atoms with Gasteiger partial charge in [0.05, 0.1) is 6.10 Å². The van der Waals surface area contributed by atoms with Gasteiger partial charge in [-0.15, -0.1) is 0 Å². The number of aliphatic hydroxyl groups excluding tert-OH is 1. The SMILES string of the molecule is NC1CCN(C(=O)C(NC(=O)C(O)c2ccc3cc(OC4CCCC4)ccc3c2)C(F)(F)c2ccc(-c3ccc(Cl)cc3)cc2)CC1.O=C(O)C(F)(F)F. The zero-order valence-corrected chi connectivity index (χ0v) is 29.6. The van der Waals surface area contributed by atoms with Crippen LogP contribution in [0.5, 0.6) is 5.75 Å². The number of alkyl halides is 5. The summed E-state index contributed by atoms with van der Waals surface area (Å²) in [6, 6.07) is 20.7. The third-order valence-electron chi connectivity index (χ3n) is 9.44. The molecular formula is C39H39ClF5N3O6. The Labute approximate surface area is 312 Å². The van der Waals surface area contributed by atoms with E-state index >= 15 is 8.78 Å². The highest BCUT2D eigenvalue weighted by Gasteiger charge is 2.49. The summed E-state index contributed by atoms with van der Waals surface area (Å²) in [5.74, 6) is -7.84. The van der Waals surface area contributed by atoms with E-state index < -0.39 is 47.6 Å². The number of ether oxygens (including phenoxy) is 1. The number of halogens is 6. The standard InChI is InChI=1S/C37H38ClF2N3O4.C2HF3O2/c38-29-14-9-24(10-15-29)23-7-12-28(13-8-23)37(39,40)34(36(46)43-19-17-30(41)18-20-43)42-35(45)33(44)27-6-5-26-22-32(16-11-25(26)21-27)47-31-3-1-2-4-31;3-2(4,5)1(6)7/h5-16,21-22,30-31,33-34,44H,1-4,17-20,41H2,(H,42,45);(H,6,7). The van der Waals surface area contributed by atoms with Crippen LogP contribution in [-0.2, 0) is 20.3 Å². The molecule has 2 unspecified atom stereocenters. The van der Waals surface area contributed by atoms with Gasteiger partial charge in [-0.2, -0.15) is 22.0 Å². The van der Waals surface area contributed by atoms with Gasteiger partial charge in [0.15, 0.2) is 12.1 Å². The summed E-state index contributed by atoms with van der Waals surface area (Å²) in [5, 5.41) is 22.5. The van der Waals surface area contributed by atoms with E-state index in [0.717, 1.165) is 47.8 Å². The molecule has 2 aliphatic rings. The molecule has 1 heterocycles. The number of hydrogen-bond donors (Lipinski definition) is 4. The Morgan fingerprint density at radius 1 is 0.815 bits per heavy atom. The number of amides is 2. The monoisotopic (exact) mass is 775 g/mol. The maximum atomic E-state index is 16.3. The van der Waals surface area contributed by atoms with Gasteiger partial charge in [-0.3, -0.25) is 9.59 Å². The number of nitrogens with one attached hydrogen (secondary N) is 1. The van der Waals surface area contributed by atoms with Gasteiger partial charge in [0.1, 0.15) is 5.75 Å². The first-order valence-corrected chi connectivity index (χ1v) is 17.7. The second-order valence-electron chi connectivity index (χ2n) is 13.3. The fourth-order valence-electron chi connectivity index (χ4n) is 6.36. The molecule has 2 atom stereocenters. The van der Waals surface area contributed by atoms with Crippen molar-refractivity contribution in [2.24, 2.45) is 5.73 Å². The first-order valence-electron chi connectivity index (χ1n) is 17.3. The molecule has 1 saturated heterocycles. The van der Waals surface area contributed by atoms with Crippen LogP contribution >= 0.6 is 11.6 Å². The van der Waals surface area contributed by atoms with Gasteiger partial charge in [-0.25, -0.2) is 4.79 Å². The summed E-state index contributed by atoms with van der Waals surface area (Å²) in [7, 11) is 0. The molecule has 0 spiro atoms. The second-order valence-corrected chi connectivity index (χ2v) is 13.7. The minimum Gasteiger partial charge on any atom is -0.490 e. The van der Waals surface area contributed by atoms with Gasteiger partial charge in [-0.1, -0.05) is 66.2 Å². The molecule has 5 N–H and O–H groups in total. The number of carboxylic acid groups (broad SMARTS) is 1. The number of piperidine rings is 1. The Morgan fingerprint density at radius 3 is 1.93 bits per heavy atom. The summed E-state index contributed by atoms with van der Waals surface area (Å²) in [5.41, 5.74) is 7.22. The number of aliphatic hydroxyl groups is 1. The first-order chi connectivity index (χ1) is 25.5. The maximum absolute atomic E-state index is 16.3. The fraction of sp³-hybridized carbons (Fsp3) is 0.359. The van der Waals surface area contributed by atoms with E-state index in [1.165, 1.54) is 29.2 Å². The lowest BCUT2D eigenvalue weighted by atomic mass is 9.95. The summed E-state index contributed by atoms with van der Waals surface area (Å²) in [6.45, 7) is 0.384. The molecule has 1 aliphatic carbocycles. The van der Waals surface area contributed by atoms with E-state index in [2.05, 4.69) is 5.32 Å². The molecule has 1 aliphatic heterocycles. The minimum absolute atomic E-state index is 0.131. The normalized spacial score (nSPS) is 16.6. The second kappa shape index (κ2) is 17.1. The number of carboxylic acids is 1. The number of nitrogens with zero attached hydrogens (tertiary/aromatic N) is 1. The number of hydrogen-bond acceptors (Lipinski definition) is 6. The Balaban J connectivity index is 0.000000730. The number of rotatable bonds is 9. The van der Waals surface area contributed by atoms with Gasteiger partial charge in [0.2, 0.25) is 0 Å². The fourth-order valence-corrected chi connectivity index (χ4v) is 6.49. The highest BCUT2D eigenvalue weighted by Crippen LogP contribution is 2.36. The molecule has 1 saturated carbocycles. The van der Waals surface area contributed by atoms with E-state index in [4.69, 9.17) is 32.0 Å². The number of likely N-dealkylation sites (tertiary alicyclic amines) is 1. The Morgan fingerprint density at radius 2 is 1.35 bits per heavy atom. The summed E-state index contributed by atoms with van der Waals surface area (Å²) >= 11 is 5.98. The van der Waals surface area contributed by atoms with Crippen LogP contribution < -0.4 is 15.8 Å². The Kier molecular flexibility index (Phi) is 12.8. The van der Waals surface area contributed by atoms with Gasteiger partial charge >= 0.3 is 18.1 Å². The molecule has 9 nitrogen and oxygen atoms in total. The van der Waals surface area contributed by atoms with Crippen LogP contribution in [0.4, 0.5) is 22.0 Å². The summed E-state index contributed by atoms with van der Waals surface area (Å²) in [4.78, 5) is 37.3. The summed E-state index contributed by atoms with van der Waals surface area (Å²) < 4.78 is 70.4. The van der Waals surface area contributed by atoms with E-state index in [1.54, 1.807) is 42.5 Å². The van der Waals surface area contributed by atoms with Crippen LogP contribution in [0.2, 0.25) is 5.02 Å². The maximum Gasteiger partial charge on any atom is 0.490 e. The molecule has 0 radical (unpaired) electrons. The lowest BCUT2D eigenvalue weighted by Crippen LogP contribution is -2.58. The molecule has 288 valence electrons. The molecule has 15 heteroatoms. The highest BCUT2D eigenvalue weighted by atomic mass is 35.5. The lowest BCUT2D eigenvalue weighted by molar-refractivity contribution is -0.192. The molecule has 54 heavy (non-hydrogen) atoms. The van der Waals surface area contributed by atoms with Crippen molar-refractivity contribution in [1.82, 2.24) is 10.2 Å². The lowest BCUT2D eigenvalue weighted by Gasteiger charge is -2.36. The average molecular weight is 776 g/mol. The molecule has 2 amide bonds. The van der Waals surface area contributed by atoms with Crippen molar-refractivity contribution in [3.8, 4) is 16.9 Å². The quantitative estimate of drug-likeness (QED) is 0.130. The predicted octanol–water partition coefficient (Wildman–Crippen LogP) is 7.37. The zero-order chi connectivity index (χ0) is 39.2. The van der Waals surface area contributed by atoms with E-state index in [-0.39, 0.29) is 30.8 Å². The van der Waals surface area contributed by atoms with Crippen molar-refractivity contribution >= 4 is 40.2 Å². The average Bonchev–Trinajstić information content (AvgIpc) is 3.66. The highest BCUT2D eigenvalue weighted by molar-refractivity contribution is 6.30. The number of carbonyl (C=O) groups excluding carboxylic acids is 2. The number of benzene rings is 4. The minimum atomic E-state index is -5.08. The Hall–Kier alpha value is -4.79. The van der Waals surface area contributed by atoms with Crippen LogP contribution in [0, 0.1) is 0 Å². The van der Waals surface area contributed by atoms with Crippen molar-refractivity contribution in [2.75, 3.05) is 13.1 Å². The molecule has 4 aromatic rings. The Bertz CT molecular complexity index is 1930. The first kappa shape index (κ1) is 40.4. The van der Waals surface area contributed by atoms with Crippen molar-refractivity contribution in [3.05, 3.63) is 101 Å². The van der Waals surface area contributed by atoms with Crippen molar-refractivity contribution in [3.63, 3.8) is 0 Å². The van der Waals surface area contributed by atoms with E-state index in [1.807, 2.05) is 18.2 Å². The molecule has 0 aromatic heterocycles. The molecular weight excluding hydrogens is 737 g/mol. The van der Waals surface area contributed by atoms with Gasteiger partial charge < -0.3 is 30.9 Å². The van der Waals surface area contributed by atoms with Crippen LogP contribution in [0.3, 0.4) is 0 Å².